The highest BCUT2D eigenvalue weighted by Crippen LogP contribution is 2.45. The predicted molar refractivity (Wildman–Crippen MR) is 280 cm³/mol. The van der Waals surface area contributed by atoms with Gasteiger partial charge < -0.3 is 8.83 Å². The fraction of sp³-hybridized carbons (Fsp3) is 0. The van der Waals surface area contributed by atoms with Gasteiger partial charge in [-0.3, -0.25) is 0 Å². The molecule has 0 unspecified atom stereocenters. The molecule has 0 N–H and O–H groups in total. The number of benzene rings is 11. The second-order valence-electron chi connectivity index (χ2n) is 17.4. The highest BCUT2D eigenvalue weighted by atomic mass is 16.3. The van der Waals surface area contributed by atoms with Gasteiger partial charge in [-0.2, -0.15) is 0 Å². The van der Waals surface area contributed by atoms with Crippen molar-refractivity contribution < 1.29 is 8.83 Å². The van der Waals surface area contributed by atoms with Gasteiger partial charge in [-0.1, -0.05) is 188 Å². The molecule has 0 aliphatic carbocycles. The van der Waals surface area contributed by atoms with Crippen molar-refractivity contribution in [3.05, 3.63) is 224 Å². The van der Waals surface area contributed by atoms with Gasteiger partial charge in [0, 0.05) is 38.2 Å². The van der Waals surface area contributed by atoms with Gasteiger partial charge in [0.05, 0.1) is 0 Å². The summed E-state index contributed by atoms with van der Waals surface area (Å²) in [6.45, 7) is 0. The standard InChI is InChI=1S/C63H37N3O2/c1-2-17-40(18-3-1)61-64-62(66-63(65-61)51-28-14-30-57-60(51)50-25-10-11-29-55(50)67-57)42-31-33-45(52(36-42)46-26-12-19-38-15-4-6-21-43(38)46)41-32-34-56-54(35-41)59-49-24-9-8-23-48(49)53(37-58(59)68-56)47-27-13-20-39-16-5-7-22-44(39)47/h1-37H. The van der Waals surface area contributed by atoms with Gasteiger partial charge in [0.15, 0.2) is 17.5 Å². The molecule has 11 aromatic carbocycles. The molecule has 14 rings (SSSR count). The average Bonchev–Trinajstić information content (AvgIpc) is 3.99. The van der Waals surface area contributed by atoms with Crippen molar-refractivity contribution in [2.24, 2.45) is 0 Å². The second-order valence-corrected chi connectivity index (χ2v) is 17.4. The topological polar surface area (TPSA) is 65.0 Å². The van der Waals surface area contributed by atoms with Crippen LogP contribution in [0.4, 0.5) is 0 Å². The Labute approximate surface area is 390 Å². The third-order valence-electron chi connectivity index (χ3n) is 13.5. The SMILES string of the molecule is c1ccc(-c2nc(-c3ccc(-c4ccc5oc6cc(-c7cccc8ccccc78)c7ccccc7c6c5c4)c(-c4cccc5ccccc45)c3)nc(-c3cccc4oc5ccccc5c34)n2)cc1. The van der Waals surface area contributed by atoms with E-state index in [1.807, 2.05) is 60.7 Å². The summed E-state index contributed by atoms with van der Waals surface area (Å²) in [5, 5.41) is 11.3. The van der Waals surface area contributed by atoms with E-state index >= 15 is 0 Å². The van der Waals surface area contributed by atoms with Crippen LogP contribution in [-0.4, -0.2) is 15.0 Å². The summed E-state index contributed by atoms with van der Waals surface area (Å²) in [5.41, 5.74) is 12.7. The van der Waals surface area contributed by atoms with Crippen LogP contribution in [0.15, 0.2) is 233 Å². The van der Waals surface area contributed by atoms with Crippen LogP contribution in [0.2, 0.25) is 0 Å². The van der Waals surface area contributed by atoms with E-state index < -0.39 is 0 Å². The zero-order valence-electron chi connectivity index (χ0n) is 36.5. The number of hydrogen-bond acceptors (Lipinski definition) is 5. The van der Waals surface area contributed by atoms with Gasteiger partial charge >= 0.3 is 0 Å². The van der Waals surface area contributed by atoms with E-state index in [0.29, 0.717) is 17.5 Å². The maximum atomic E-state index is 6.79. The van der Waals surface area contributed by atoms with E-state index in [0.717, 1.165) is 99.2 Å². The van der Waals surface area contributed by atoms with Crippen LogP contribution in [0.1, 0.15) is 0 Å². The van der Waals surface area contributed by atoms with Crippen LogP contribution in [0, 0.1) is 0 Å². The number of aromatic nitrogens is 3. The number of para-hydroxylation sites is 1. The predicted octanol–water partition coefficient (Wildman–Crippen LogP) is 17.1. The minimum Gasteiger partial charge on any atom is -0.456 e. The Kier molecular flexibility index (Phi) is 8.52. The largest absolute Gasteiger partial charge is 0.456 e. The zero-order chi connectivity index (χ0) is 44.7. The Balaban J connectivity index is 0.987. The molecule has 3 aromatic heterocycles. The Hall–Kier alpha value is -9.19. The molecular formula is C63H37N3O2. The second kappa shape index (κ2) is 15.2. The van der Waals surface area contributed by atoms with Crippen molar-refractivity contribution >= 4 is 76.2 Å². The summed E-state index contributed by atoms with van der Waals surface area (Å²) in [7, 11) is 0. The lowest BCUT2D eigenvalue weighted by Gasteiger charge is -2.16. The highest BCUT2D eigenvalue weighted by molar-refractivity contribution is 6.23. The summed E-state index contributed by atoms with van der Waals surface area (Å²) in [4.78, 5) is 15.7. The van der Waals surface area contributed by atoms with Gasteiger partial charge in [0.1, 0.15) is 22.3 Å². The summed E-state index contributed by atoms with van der Waals surface area (Å²) < 4.78 is 13.1. The van der Waals surface area contributed by atoms with Gasteiger partial charge in [-0.05, 0) is 102 Å². The fourth-order valence-electron chi connectivity index (χ4n) is 10.4. The van der Waals surface area contributed by atoms with Crippen molar-refractivity contribution in [2.45, 2.75) is 0 Å². The summed E-state index contributed by atoms with van der Waals surface area (Å²) in [6, 6.07) is 78.8. The van der Waals surface area contributed by atoms with E-state index in [2.05, 4.69) is 164 Å². The first-order chi connectivity index (χ1) is 33.7. The van der Waals surface area contributed by atoms with Crippen molar-refractivity contribution in [1.29, 1.82) is 0 Å². The number of hydrogen-bond donors (Lipinski definition) is 0. The Bertz CT molecular complexity index is 4330. The highest BCUT2D eigenvalue weighted by Gasteiger charge is 2.21. The van der Waals surface area contributed by atoms with E-state index in [1.54, 1.807) is 0 Å². The summed E-state index contributed by atoms with van der Waals surface area (Å²) in [5.74, 6) is 1.76. The lowest BCUT2D eigenvalue weighted by molar-refractivity contribution is 0.668. The molecule has 68 heavy (non-hydrogen) atoms. The molecule has 5 heteroatoms. The Morgan fingerprint density at radius 2 is 0.779 bits per heavy atom. The minimum atomic E-state index is 0.579. The van der Waals surface area contributed by atoms with Crippen LogP contribution in [0.25, 0.3) is 144 Å². The monoisotopic (exact) mass is 867 g/mol. The molecule has 0 amide bonds. The van der Waals surface area contributed by atoms with Crippen LogP contribution in [-0.2, 0) is 0 Å². The maximum Gasteiger partial charge on any atom is 0.164 e. The fourth-order valence-corrected chi connectivity index (χ4v) is 10.4. The molecule has 0 saturated carbocycles. The van der Waals surface area contributed by atoms with Crippen LogP contribution in [0.5, 0.6) is 0 Å². The average molecular weight is 868 g/mol. The normalized spacial score (nSPS) is 11.8. The first kappa shape index (κ1) is 38.1. The summed E-state index contributed by atoms with van der Waals surface area (Å²) in [6.07, 6.45) is 0. The van der Waals surface area contributed by atoms with E-state index in [4.69, 9.17) is 23.8 Å². The lowest BCUT2D eigenvalue weighted by atomic mass is 9.89. The summed E-state index contributed by atoms with van der Waals surface area (Å²) >= 11 is 0. The van der Waals surface area contributed by atoms with Crippen LogP contribution in [0.3, 0.4) is 0 Å². The minimum absolute atomic E-state index is 0.579. The van der Waals surface area contributed by atoms with E-state index in [-0.39, 0.29) is 0 Å². The lowest BCUT2D eigenvalue weighted by Crippen LogP contribution is -2.01. The smallest absolute Gasteiger partial charge is 0.164 e. The molecule has 0 radical (unpaired) electrons. The zero-order valence-corrected chi connectivity index (χ0v) is 36.5. The first-order valence-electron chi connectivity index (χ1n) is 22.9. The number of nitrogens with zero attached hydrogens (tertiary/aromatic N) is 3. The van der Waals surface area contributed by atoms with E-state index in [1.165, 1.54) is 27.1 Å². The van der Waals surface area contributed by atoms with Crippen molar-refractivity contribution in [3.63, 3.8) is 0 Å². The van der Waals surface area contributed by atoms with Crippen molar-refractivity contribution in [1.82, 2.24) is 15.0 Å². The maximum absolute atomic E-state index is 6.79. The van der Waals surface area contributed by atoms with E-state index in [9.17, 15) is 0 Å². The number of rotatable bonds is 6. The van der Waals surface area contributed by atoms with Gasteiger partial charge in [-0.25, -0.2) is 15.0 Å². The molecule has 5 nitrogen and oxygen atoms in total. The molecule has 0 spiro atoms. The van der Waals surface area contributed by atoms with Crippen LogP contribution < -0.4 is 0 Å². The molecule has 316 valence electrons. The van der Waals surface area contributed by atoms with Crippen molar-refractivity contribution in [3.8, 4) is 67.5 Å². The van der Waals surface area contributed by atoms with Crippen molar-refractivity contribution in [2.75, 3.05) is 0 Å². The molecule has 3 heterocycles. The molecule has 0 bridgehead atoms. The van der Waals surface area contributed by atoms with Gasteiger partial charge in [0.2, 0.25) is 0 Å². The van der Waals surface area contributed by atoms with Gasteiger partial charge in [-0.15, -0.1) is 0 Å². The van der Waals surface area contributed by atoms with Gasteiger partial charge in [0.25, 0.3) is 0 Å². The van der Waals surface area contributed by atoms with Crippen LogP contribution >= 0.6 is 0 Å². The molecule has 0 atom stereocenters. The number of furan rings is 2. The third-order valence-corrected chi connectivity index (χ3v) is 13.5. The molecule has 14 aromatic rings. The Morgan fingerprint density at radius 3 is 1.56 bits per heavy atom. The molecule has 0 saturated heterocycles. The number of fused-ring (bicyclic) bond motifs is 10. The molecular weight excluding hydrogens is 831 g/mol. The molecule has 0 aliphatic heterocycles. The first-order valence-corrected chi connectivity index (χ1v) is 22.9. The Morgan fingerprint density at radius 1 is 0.235 bits per heavy atom. The quantitative estimate of drug-likeness (QED) is 0.167. The third kappa shape index (κ3) is 6.06. The molecule has 0 aliphatic rings. The molecule has 0 fully saturated rings.